The van der Waals surface area contributed by atoms with Crippen LogP contribution in [0.1, 0.15) is 49.9 Å². The number of β-amino-alcohol motifs (C(OH)–C–C–N with tert-alkyl or cyclic N) is 1. The molecule has 2 aliphatic heterocycles. The van der Waals surface area contributed by atoms with Gasteiger partial charge in [0.1, 0.15) is 0 Å². The molecule has 0 aliphatic carbocycles. The highest BCUT2D eigenvalue weighted by molar-refractivity contribution is 5.73. The molecule has 1 aromatic rings. The number of nitrogens with zero attached hydrogens (tertiary/aromatic N) is 4. The topological polar surface area (TPSA) is 69.6 Å². The first-order valence-electron chi connectivity index (χ1n) is 8.94. The molecule has 1 N–H and O–H groups in total. The average molecular weight is 332 g/mol. The van der Waals surface area contributed by atoms with E-state index in [0.29, 0.717) is 38.4 Å². The zero-order valence-electron chi connectivity index (χ0n) is 14.7. The Bertz CT molecular complexity index is 584. The molecule has 6 nitrogen and oxygen atoms in total. The maximum absolute atomic E-state index is 11.4. The smallest absolute Gasteiger partial charge is 0.219 e. The first-order chi connectivity index (χ1) is 11.5. The quantitative estimate of drug-likeness (QED) is 0.904. The molecule has 0 saturated carbocycles. The van der Waals surface area contributed by atoms with E-state index in [1.807, 2.05) is 18.0 Å². The molecule has 0 aromatic carbocycles. The number of hydrogen-bond acceptors (Lipinski definition) is 5. The molecular weight excluding hydrogens is 304 g/mol. The maximum Gasteiger partial charge on any atom is 0.219 e. The van der Waals surface area contributed by atoms with E-state index in [1.54, 1.807) is 13.1 Å². The van der Waals surface area contributed by atoms with Gasteiger partial charge in [0, 0.05) is 51.4 Å². The molecule has 3 rings (SSSR count). The average Bonchev–Trinajstić information content (AvgIpc) is 2.55. The first kappa shape index (κ1) is 17.3. The molecule has 0 spiro atoms. The van der Waals surface area contributed by atoms with E-state index >= 15 is 0 Å². The van der Waals surface area contributed by atoms with Crippen molar-refractivity contribution >= 4 is 5.91 Å². The van der Waals surface area contributed by atoms with Crippen LogP contribution in [-0.4, -0.2) is 69.1 Å². The first-order valence-corrected chi connectivity index (χ1v) is 8.94. The van der Waals surface area contributed by atoms with E-state index in [4.69, 9.17) is 0 Å². The SMILES string of the molecule is CC(=O)N1CCC(O)(CN2CCC[C@H](c3cncc(C)n3)C2)CC1. The van der Waals surface area contributed by atoms with E-state index in [-0.39, 0.29) is 5.91 Å². The van der Waals surface area contributed by atoms with E-state index in [9.17, 15) is 9.90 Å². The van der Waals surface area contributed by atoms with Crippen LogP contribution in [0.15, 0.2) is 12.4 Å². The Morgan fingerprint density at radius 2 is 2.08 bits per heavy atom. The van der Waals surface area contributed by atoms with Crippen LogP contribution in [0.5, 0.6) is 0 Å². The Morgan fingerprint density at radius 3 is 2.75 bits per heavy atom. The van der Waals surface area contributed by atoms with Gasteiger partial charge in [0.2, 0.25) is 5.91 Å². The highest BCUT2D eigenvalue weighted by atomic mass is 16.3. The number of rotatable bonds is 3. The van der Waals surface area contributed by atoms with Crippen molar-refractivity contribution in [3.8, 4) is 0 Å². The van der Waals surface area contributed by atoms with Gasteiger partial charge in [0.05, 0.1) is 17.0 Å². The Kier molecular flexibility index (Phi) is 5.15. The van der Waals surface area contributed by atoms with Gasteiger partial charge in [-0.15, -0.1) is 0 Å². The molecule has 2 aliphatic rings. The molecule has 2 fully saturated rings. The molecule has 1 aromatic heterocycles. The number of aryl methyl sites for hydroxylation is 1. The van der Waals surface area contributed by atoms with Gasteiger partial charge in [0.15, 0.2) is 0 Å². The van der Waals surface area contributed by atoms with E-state index in [2.05, 4.69) is 14.9 Å². The van der Waals surface area contributed by atoms with Crippen LogP contribution in [0, 0.1) is 6.92 Å². The van der Waals surface area contributed by atoms with E-state index in [0.717, 1.165) is 37.3 Å². The third-order valence-corrected chi connectivity index (χ3v) is 5.35. The fourth-order valence-corrected chi connectivity index (χ4v) is 3.93. The highest BCUT2D eigenvalue weighted by Crippen LogP contribution is 2.29. The molecule has 2 saturated heterocycles. The van der Waals surface area contributed by atoms with Gasteiger partial charge in [-0.25, -0.2) is 0 Å². The lowest BCUT2D eigenvalue weighted by Crippen LogP contribution is -2.53. The lowest BCUT2D eigenvalue weighted by Gasteiger charge is -2.42. The molecular formula is C18H28N4O2. The number of hydrogen-bond donors (Lipinski definition) is 1. The van der Waals surface area contributed by atoms with Gasteiger partial charge in [-0.05, 0) is 39.2 Å². The summed E-state index contributed by atoms with van der Waals surface area (Å²) in [5, 5.41) is 10.9. The van der Waals surface area contributed by atoms with Crippen molar-refractivity contribution in [2.24, 2.45) is 0 Å². The van der Waals surface area contributed by atoms with Crippen LogP contribution in [0.25, 0.3) is 0 Å². The minimum atomic E-state index is -0.674. The molecule has 0 bridgehead atoms. The summed E-state index contributed by atoms with van der Waals surface area (Å²) in [6, 6.07) is 0. The lowest BCUT2D eigenvalue weighted by atomic mass is 9.88. The summed E-state index contributed by atoms with van der Waals surface area (Å²) in [4.78, 5) is 24.5. The van der Waals surface area contributed by atoms with E-state index in [1.165, 1.54) is 0 Å². The number of carbonyl (C=O) groups is 1. The van der Waals surface area contributed by atoms with Crippen LogP contribution in [-0.2, 0) is 4.79 Å². The van der Waals surface area contributed by atoms with Gasteiger partial charge in [-0.3, -0.25) is 19.7 Å². The summed E-state index contributed by atoms with van der Waals surface area (Å²) in [6.45, 7) is 7.53. The van der Waals surface area contributed by atoms with Crippen LogP contribution >= 0.6 is 0 Å². The predicted octanol–water partition coefficient (Wildman–Crippen LogP) is 1.34. The second kappa shape index (κ2) is 7.15. The monoisotopic (exact) mass is 332 g/mol. The second-order valence-corrected chi connectivity index (χ2v) is 7.39. The van der Waals surface area contributed by atoms with Gasteiger partial charge in [0.25, 0.3) is 0 Å². The number of likely N-dealkylation sites (tertiary alicyclic amines) is 2. The van der Waals surface area contributed by atoms with Crippen LogP contribution in [0.2, 0.25) is 0 Å². The Morgan fingerprint density at radius 1 is 1.33 bits per heavy atom. The van der Waals surface area contributed by atoms with Crippen molar-refractivity contribution in [2.75, 3.05) is 32.7 Å². The fourth-order valence-electron chi connectivity index (χ4n) is 3.93. The molecule has 0 radical (unpaired) electrons. The molecule has 0 unspecified atom stereocenters. The number of aromatic nitrogens is 2. The normalized spacial score (nSPS) is 24.8. The summed E-state index contributed by atoms with van der Waals surface area (Å²) in [5.74, 6) is 0.500. The van der Waals surface area contributed by atoms with Gasteiger partial charge >= 0.3 is 0 Å². The zero-order valence-corrected chi connectivity index (χ0v) is 14.7. The minimum Gasteiger partial charge on any atom is -0.388 e. The van der Waals surface area contributed by atoms with Crippen molar-refractivity contribution in [3.63, 3.8) is 0 Å². The van der Waals surface area contributed by atoms with Gasteiger partial charge in [-0.1, -0.05) is 0 Å². The number of amides is 1. The van der Waals surface area contributed by atoms with Crippen LogP contribution < -0.4 is 0 Å². The largest absolute Gasteiger partial charge is 0.388 e. The van der Waals surface area contributed by atoms with Crippen molar-refractivity contribution in [1.82, 2.24) is 19.8 Å². The van der Waals surface area contributed by atoms with Crippen molar-refractivity contribution < 1.29 is 9.90 Å². The molecule has 1 atom stereocenters. The Balaban J connectivity index is 1.58. The summed E-state index contributed by atoms with van der Waals surface area (Å²) < 4.78 is 0. The summed E-state index contributed by atoms with van der Waals surface area (Å²) in [6.07, 6.45) is 7.24. The van der Waals surface area contributed by atoms with Gasteiger partial charge in [-0.2, -0.15) is 0 Å². The maximum atomic E-state index is 11.4. The fraction of sp³-hybridized carbons (Fsp3) is 0.722. The summed E-state index contributed by atoms with van der Waals surface area (Å²) in [7, 11) is 0. The number of carbonyl (C=O) groups excluding carboxylic acids is 1. The standard InChI is InChI=1S/C18H28N4O2/c1-14-10-19-11-17(20-14)16-4-3-7-21(12-16)13-18(24)5-8-22(9-6-18)15(2)23/h10-11,16,24H,3-9,12-13H2,1-2H3/t16-/m0/s1. The minimum absolute atomic E-state index is 0.105. The number of aliphatic hydroxyl groups is 1. The Hall–Kier alpha value is -1.53. The third kappa shape index (κ3) is 4.11. The zero-order chi connectivity index (χ0) is 17.2. The summed E-state index contributed by atoms with van der Waals surface area (Å²) in [5.41, 5.74) is 1.35. The van der Waals surface area contributed by atoms with E-state index < -0.39 is 5.60 Å². The predicted molar refractivity (Wildman–Crippen MR) is 91.6 cm³/mol. The molecule has 132 valence electrons. The number of piperidine rings is 2. The molecule has 24 heavy (non-hydrogen) atoms. The second-order valence-electron chi connectivity index (χ2n) is 7.39. The lowest BCUT2D eigenvalue weighted by molar-refractivity contribution is -0.133. The van der Waals surface area contributed by atoms with Crippen molar-refractivity contribution in [2.45, 2.75) is 51.0 Å². The molecule has 3 heterocycles. The molecule has 6 heteroatoms. The van der Waals surface area contributed by atoms with Crippen molar-refractivity contribution in [1.29, 1.82) is 0 Å². The van der Waals surface area contributed by atoms with Crippen molar-refractivity contribution in [3.05, 3.63) is 23.8 Å². The third-order valence-electron chi connectivity index (χ3n) is 5.35. The van der Waals surface area contributed by atoms with Gasteiger partial charge < -0.3 is 10.0 Å². The van der Waals surface area contributed by atoms with Crippen LogP contribution in [0.3, 0.4) is 0 Å². The summed E-state index contributed by atoms with van der Waals surface area (Å²) >= 11 is 0. The Labute approximate surface area is 143 Å². The van der Waals surface area contributed by atoms with Crippen LogP contribution in [0.4, 0.5) is 0 Å². The molecule has 1 amide bonds. The highest BCUT2D eigenvalue weighted by Gasteiger charge is 2.36.